The molecule has 2 saturated heterocycles. The van der Waals surface area contributed by atoms with Crippen LogP contribution in [0.5, 0.6) is 0 Å². The summed E-state index contributed by atoms with van der Waals surface area (Å²) < 4.78 is 6.17. The Morgan fingerprint density at radius 1 is 0.875 bits per heavy atom. The number of nitrogens with zero attached hydrogens (tertiary/aromatic N) is 2. The lowest BCUT2D eigenvalue weighted by molar-refractivity contribution is -0.340. The van der Waals surface area contributed by atoms with Gasteiger partial charge in [-0.2, -0.15) is 5.06 Å². The fourth-order valence-corrected chi connectivity index (χ4v) is 7.09. The van der Waals surface area contributed by atoms with Crippen LogP contribution in [0.15, 0.2) is 60.7 Å². The first-order chi connectivity index (χ1) is 18.5. The highest BCUT2D eigenvalue weighted by Gasteiger charge is 2.57. The van der Waals surface area contributed by atoms with Crippen LogP contribution in [0.4, 0.5) is 0 Å². The molecular formula is C35H52N2O3. The second-order valence-electron chi connectivity index (χ2n) is 14.8. The van der Waals surface area contributed by atoms with Gasteiger partial charge in [0.05, 0.1) is 11.5 Å². The zero-order valence-electron chi connectivity index (χ0n) is 26.5. The van der Waals surface area contributed by atoms with Gasteiger partial charge >= 0.3 is 5.97 Å². The third-order valence-electron chi connectivity index (χ3n) is 9.03. The summed E-state index contributed by atoms with van der Waals surface area (Å²) in [5, 5.41) is 2.25. The zero-order chi connectivity index (χ0) is 29.5. The molecule has 0 N–H and O–H groups in total. The minimum Gasteiger partial charge on any atom is -0.460 e. The molecule has 0 radical (unpaired) electrons. The van der Waals surface area contributed by atoms with Crippen molar-refractivity contribution in [2.24, 2.45) is 11.8 Å². The van der Waals surface area contributed by atoms with Crippen molar-refractivity contribution in [3.8, 4) is 0 Å². The molecule has 0 bridgehead atoms. The Hall–Kier alpha value is -2.21. The van der Waals surface area contributed by atoms with Gasteiger partial charge in [0.1, 0.15) is 5.60 Å². The van der Waals surface area contributed by atoms with Gasteiger partial charge in [0.2, 0.25) is 0 Å². The van der Waals surface area contributed by atoms with E-state index in [4.69, 9.17) is 9.57 Å². The molecule has 4 rings (SSSR count). The van der Waals surface area contributed by atoms with E-state index >= 15 is 0 Å². The van der Waals surface area contributed by atoms with Crippen LogP contribution in [-0.4, -0.2) is 44.8 Å². The fraction of sp³-hybridized carbons (Fsp3) is 0.629. The Morgan fingerprint density at radius 2 is 1.40 bits per heavy atom. The van der Waals surface area contributed by atoms with E-state index in [0.717, 1.165) is 24.9 Å². The molecule has 40 heavy (non-hydrogen) atoms. The molecule has 0 spiro atoms. The summed E-state index contributed by atoms with van der Waals surface area (Å²) in [7, 11) is 0. The summed E-state index contributed by atoms with van der Waals surface area (Å²) in [4.78, 5) is 23.9. The van der Waals surface area contributed by atoms with E-state index in [0.29, 0.717) is 0 Å². The number of hydrogen-bond acceptors (Lipinski definition) is 5. The smallest absolute Gasteiger partial charge is 0.311 e. The van der Waals surface area contributed by atoms with Gasteiger partial charge in [-0.1, -0.05) is 60.7 Å². The number of rotatable bonds is 7. The van der Waals surface area contributed by atoms with Crippen LogP contribution in [0.3, 0.4) is 0 Å². The number of carbonyl (C=O) groups is 1. The Morgan fingerprint density at radius 3 is 1.93 bits per heavy atom. The largest absolute Gasteiger partial charge is 0.460 e. The SMILES string of the molecule is C[C@H](c1ccccc1)N1C[C@@H](C(C)(C)ON2C(C)(C)CCCC2(C)C)[C@H](C(=O)OC(C)(C)C)[C@H]1c1ccccc1. The molecule has 0 aromatic heterocycles. The standard InChI is InChI=1S/C35H52N2O3/c1-25(26-18-13-11-14-19-26)36-24-28(35(9,10)40-37-33(5,6)22-17-23-34(37,7)8)29(31(38)39-32(2,3)4)30(36)27-20-15-12-16-21-27/h11-16,18-21,25,28-30H,17,22-24H2,1-10H3/t25-,28-,29+,30-/m1/s1. The lowest BCUT2D eigenvalue weighted by Crippen LogP contribution is -2.62. The first-order valence-corrected chi connectivity index (χ1v) is 15.1. The van der Waals surface area contributed by atoms with Crippen molar-refractivity contribution < 1.29 is 14.4 Å². The number of hydroxylamine groups is 2. The van der Waals surface area contributed by atoms with E-state index in [1.165, 1.54) is 12.0 Å². The topological polar surface area (TPSA) is 42.0 Å². The summed E-state index contributed by atoms with van der Waals surface area (Å²) in [5.41, 5.74) is 0.973. The summed E-state index contributed by atoms with van der Waals surface area (Å²) in [6.07, 6.45) is 3.34. The molecule has 2 aliphatic rings. The minimum absolute atomic E-state index is 0.0905. The molecule has 2 aromatic rings. The number of carbonyl (C=O) groups excluding carboxylic acids is 1. The van der Waals surface area contributed by atoms with Crippen LogP contribution >= 0.6 is 0 Å². The monoisotopic (exact) mass is 548 g/mol. The molecule has 0 aliphatic carbocycles. The first-order valence-electron chi connectivity index (χ1n) is 15.1. The predicted molar refractivity (Wildman–Crippen MR) is 163 cm³/mol. The van der Waals surface area contributed by atoms with Crippen molar-refractivity contribution >= 4 is 5.97 Å². The van der Waals surface area contributed by atoms with Crippen molar-refractivity contribution in [1.29, 1.82) is 0 Å². The Kier molecular flexibility index (Phi) is 8.63. The molecule has 0 unspecified atom stereocenters. The summed E-state index contributed by atoms with van der Waals surface area (Å²) in [6.45, 7) is 22.3. The summed E-state index contributed by atoms with van der Waals surface area (Å²) in [6, 6.07) is 21.1. The molecule has 0 amide bonds. The van der Waals surface area contributed by atoms with E-state index in [-0.39, 0.29) is 41.0 Å². The summed E-state index contributed by atoms with van der Waals surface area (Å²) in [5.74, 6) is -0.631. The molecular weight excluding hydrogens is 496 g/mol. The normalized spacial score (nSPS) is 26.4. The molecule has 5 nitrogen and oxygen atoms in total. The Bertz CT molecular complexity index is 1120. The molecule has 220 valence electrons. The molecule has 2 aromatic carbocycles. The van der Waals surface area contributed by atoms with Gasteiger partial charge in [-0.05, 0) is 99.6 Å². The number of likely N-dealkylation sites (tertiary alicyclic amines) is 1. The highest BCUT2D eigenvalue weighted by molar-refractivity contribution is 5.75. The van der Waals surface area contributed by atoms with Gasteiger partial charge in [0, 0.05) is 35.6 Å². The second kappa shape index (κ2) is 11.2. The third kappa shape index (κ3) is 6.48. The number of piperidine rings is 1. The van der Waals surface area contributed by atoms with Crippen LogP contribution in [-0.2, 0) is 14.4 Å². The Balaban J connectivity index is 1.81. The zero-order valence-corrected chi connectivity index (χ0v) is 26.5. The number of hydrogen-bond donors (Lipinski definition) is 0. The van der Waals surface area contributed by atoms with Gasteiger partial charge in [0.15, 0.2) is 0 Å². The molecule has 2 fully saturated rings. The Labute approximate surface area is 243 Å². The van der Waals surface area contributed by atoms with E-state index < -0.39 is 11.2 Å². The van der Waals surface area contributed by atoms with Crippen molar-refractivity contribution in [1.82, 2.24) is 9.96 Å². The van der Waals surface area contributed by atoms with Gasteiger partial charge in [-0.25, -0.2) is 0 Å². The number of ether oxygens (including phenoxy) is 1. The van der Waals surface area contributed by atoms with Crippen LogP contribution in [0.2, 0.25) is 0 Å². The number of esters is 1. The number of benzene rings is 2. The van der Waals surface area contributed by atoms with Crippen LogP contribution in [0.1, 0.15) is 112 Å². The van der Waals surface area contributed by atoms with E-state index in [2.05, 4.69) is 113 Å². The van der Waals surface area contributed by atoms with Crippen molar-refractivity contribution in [3.63, 3.8) is 0 Å². The van der Waals surface area contributed by atoms with Crippen LogP contribution in [0.25, 0.3) is 0 Å². The maximum Gasteiger partial charge on any atom is 0.311 e. The second-order valence-corrected chi connectivity index (χ2v) is 14.8. The first kappa shape index (κ1) is 30.7. The van der Waals surface area contributed by atoms with Gasteiger partial charge in [-0.3, -0.25) is 14.5 Å². The molecule has 5 heteroatoms. The molecule has 2 heterocycles. The van der Waals surface area contributed by atoms with Gasteiger partial charge < -0.3 is 4.74 Å². The average molecular weight is 549 g/mol. The lowest BCUT2D eigenvalue weighted by Gasteiger charge is -2.54. The van der Waals surface area contributed by atoms with Crippen LogP contribution < -0.4 is 0 Å². The quantitative estimate of drug-likeness (QED) is 0.327. The lowest BCUT2D eigenvalue weighted by atomic mass is 9.77. The van der Waals surface area contributed by atoms with E-state index in [1.807, 2.05) is 26.8 Å². The molecule has 2 aliphatic heterocycles. The minimum atomic E-state index is -0.619. The van der Waals surface area contributed by atoms with E-state index in [9.17, 15) is 4.79 Å². The fourth-order valence-electron chi connectivity index (χ4n) is 7.09. The maximum atomic E-state index is 14.2. The van der Waals surface area contributed by atoms with Crippen molar-refractivity contribution in [3.05, 3.63) is 71.8 Å². The highest BCUT2D eigenvalue weighted by atomic mass is 16.7. The van der Waals surface area contributed by atoms with Crippen molar-refractivity contribution in [2.75, 3.05) is 6.54 Å². The maximum absolute atomic E-state index is 14.2. The summed E-state index contributed by atoms with van der Waals surface area (Å²) >= 11 is 0. The van der Waals surface area contributed by atoms with E-state index in [1.54, 1.807) is 0 Å². The average Bonchev–Trinajstić information content (AvgIpc) is 3.28. The predicted octanol–water partition coefficient (Wildman–Crippen LogP) is 8.13. The van der Waals surface area contributed by atoms with Gasteiger partial charge in [-0.15, -0.1) is 0 Å². The molecule has 0 saturated carbocycles. The van der Waals surface area contributed by atoms with Crippen molar-refractivity contribution in [2.45, 2.75) is 123 Å². The molecule has 4 atom stereocenters. The van der Waals surface area contributed by atoms with Gasteiger partial charge in [0.25, 0.3) is 0 Å². The van der Waals surface area contributed by atoms with Crippen LogP contribution in [0, 0.1) is 11.8 Å². The third-order valence-corrected chi connectivity index (χ3v) is 9.03. The highest BCUT2D eigenvalue weighted by Crippen LogP contribution is 2.51.